The molecule has 0 spiro atoms. The number of hydrogen-bond donors (Lipinski definition) is 0. The quantitative estimate of drug-likeness (QED) is 0.655. The summed E-state index contributed by atoms with van der Waals surface area (Å²) in [7, 11) is 0. The van der Waals surface area contributed by atoms with E-state index in [9.17, 15) is 4.79 Å². The van der Waals surface area contributed by atoms with E-state index in [0.717, 1.165) is 22.5 Å². The number of ether oxygens (including phenoxy) is 1. The highest BCUT2D eigenvalue weighted by atomic mass is 16.5. The molecule has 5 nitrogen and oxygen atoms in total. The lowest BCUT2D eigenvalue weighted by Gasteiger charge is -2.25. The molecule has 2 heterocycles. The van der Waals surface area contributed by atoms with Crippen LogP contribution in [0.1, 0.15) is 11.1 Å². The Balaban J connectivity index is 1.67. The molecular weight excluding hydrogens is 350 g/mol. The summed E-state index contributed by atoms with van der Waals surface area (Å²) in [4.78, 5) is 14.3. The molecule has 1 fully saturated rings. The topological polar surface area (TPSA) is 47.4 Å². The van der Waals surface area contributed by atoms with E-state index in [0.29, 0.717) is 26.3 Å². The van der Waals surface area contributed by atoms with Gasteiger partial charge >= 0.3 is 0 Å². The molecule has 142 valence electrons. The average Bonchev–Trinajstić information content (AvgIpc) is 3.18. The highest BCUT2D eigenvalue weighted by molar-refractivity contribution is 5.93. The second-order valence-electron chi connectivity index (χ2n) is 6.85. The molecular formula is C23H23N3O2. The molecule has 0 aliphatic carbocycles. The van der Waals surface area contributed by atoms with Gasteiger partial charge in [0.15, 0.2) is 0 Å². The number of carbonyl (C=O) groups is 1. The first-order chi connectivity index (χ1) is 13.7. The summed E-state index contributed by atoms with van der Waals surface area (Å²) in [6.07, 6.45) is 5.46. The largest absolute Gasteiger partial charge is 0.378 e. The van der Waals surface area contributed by atoms with Gasteiger partial charge in [-0.25, -0.2) is 4.68 Å². The summed E-state index contributed by atoms with van der Waals surface area (Å²) >= 11 is 0. The zero-order valence-corrected chi connectivity index (χ0v) is 15.9. The lowest BCUT2D eigenvalue weighted by atomic mass is 10.1. The minimum Gasteiger partial charge on any atom is -0.378 e. The zero-order valence-electron chi connectivity index (χ0n) is 15.9. The Morgan fingerprint density at radius 3 is 2.46 bits per heavy atom. The third kappa shape index (κ3) is 4.05. The monoisotopic (exact) mass is 373 g/mol. The molecule has 0 atom stereocenters. The Bertz CT molecular complexity index is 969. The lowest BCUT2D eigenvalue weighted by molar-refractivity contribution is -0.129. The van der Waals surface area contributed by atoms with Crippen molar-refractivity contribution in [3.8, 4) is 16.9 Å². The number of carbonyl (C=O) groups excluding carboxylic acids is 1. The van der Waals surface area contributed by atoms with Gasteiger partial charge in [0.2, 0.25) is 5.91 Å². The first kappa shape index (κ1) is 18.2. The molecule has 0 N–H and O–H groups in total. The van der Waals surface area contributed by atoms with Gasteiger partial charge in [-0.2, -0.15) is 5.10 Å². The SMILES string of the molecule is Cc1ccc(-c2nn(-c3ccccc3)cc2C=CC(=O)N2CCOCC2)cc1. The van der Waals surface area contributed by atoms with Crippen LogP contribution in [0.4, 0.5) is 0 Å². The molecule has 1 aliphatic heterocycles. The fraction of sp³-hybridized carbons (Fsp3) is 0.217. The van der Waals surface area contributed by atoms with Gasteiger partial charge in [-0.05, 0) is 25.1 Å². The van der Waals surface area contributed by atoms with E-state index >= 15 is 0 Å². The van der Waals surface area contributed by atoms with Crippen LogP contribution in [0.5, 0.6) is 0 Å². The van der Waals surface area contributed by atoms with Crippen molar-refractivity contribution < 1.29 is 9.53 Å². The zero-order chi connectivity index (χ0) is 19.3. The van der Waals surface area contributed by atoms with E-state index in [1.54, 1.807) is 6.08 Å². The highest BCUT2D eigenvalue weighted by Gasteiger charge is 2.15. The number of aromatic nitrogens is 2. The fourth-order valence-electron chi connectivity index (χ4n) is 3.21. The van der Waals surface area contributed by atoms with Gasteiger partial charge in [0.1, 0.15) is 0 Å². The van der Waals surface area contributed by atoms with Crippen molar-refractivity contribution >= 4 is 12.0 Å². The van der Waals surface area contributed by atoms with Crippen molar-refractivity contribution in [3.05, 3.63) is 78.0 Å². The Labute approximate surface area is 164 Å². The number of hydrogen-bond acceptors (Lipinski definition) is 3. The number of benzene rings is 2. The molecule has 0 bridgehead atoms. The third-order valence-electron chi connectivity index (χ3n) is 4.82. The normalized spacial score (nSPS) is 14.5. The van der Waals surface area contributed by atoms with E-state index < -0.39 is 0 Å². The minimum absolute atomic E-state index is 0.00520. The highest BCUT2D eigenvalue weighted by Crippen LogP contribution is 2.25. The number of aryl methyl sites for hydroxylation is 1. The molecule has 0 saturated carbocycles. The summed E-state index contributed by atoms with van der Waals surface area (Å²) < 4.78 is 7.18. The van der Waals surface area contributed by atoms with Crippen molar-refractivity contribution in [1.29, 1.82) is 0 Å². The Morgan fingerprint density at radius 2 is 1.75 bits per heavy atom. The maximum Gasteiger partial charge on any atom is 0.246 e. The predicted molar refractivity (Wildman–Crippen MR) is 110 cm³/mol. The smallest absolute Gasteiger partial charge is 0.246 e. The van der Waals surface area contributed by atoms with E-state index in [1.165, 1.54) is 5.56 Å². The molecule has 3 aromatic rings. The molecule has 4 rings (SSSR count). The molecule has 1 amide bonds. The number of nitrogens with zero attached hydrogens (tertiary/aromatic N) is 3. The number of para-hydroxylation sites is 1. The second-order valence-corrected chi connectivity index (χ2v) is 6.85. The molecule has 0 unspecified atom stereocenters. The van der Waals surface area contributed by atoms with Gasteiger partial charge in [-0.3, -0.25) is 4.79 Å². The molecule has 5 heteroatoms. The van der Waals surface area contributed by atoms with Gasteiger partial charge in [0.25, 0.3) is 0 Å². The Kier molecular flexibility index (Phi) is 5.35. The predicted octanol–water partition coefficient (Wildman–Crippen LogP) is 3.72. The summed E-state index contributed by atoms with van der Waals surface area (Å²) in [6.45, 7) is 4.53. The van der Waals surface area contributed by atoms with Gasteiger partial charge in [-0.15, -0.1) is 0 Å². The standard InChI is InChI=1S/C23H23N3O2/c1-18-7-9-19(10-8-18)23-20(11-12-22(27)25-13-15-28-16-14-25)17-26(24-23)21-5-3-2-4-6-21/h2-12,17H,13-16H2,1H3. The van der Waals surface area contributed by atoms with Crippen LogP contribution in [-0.4, -0.2) is 46.9 Å². The van der Waals surface area contributed by atoms with E-state index in [4.69, 9.17) is 9.84 Å². The molecule has 1 aliphatic rings. The first-order valence-electron chi connectivity index (χ1n) is 9.47. The van der Waals surface area contributed by atoms with Crippen LogP contribution in [0.3, 0.4) is 0 Å². The van der Waals surface area contributed by atoms with Crippen LogP contribution in [0.25, 0.3) is 23.0 Å². The summed E-state index contributed by atoms with van der Waals surface area (Å²) in [5.41, 5.74) is 4.98. The molecule has 1 saturated heterocycles. The van der Waals surface area contributed by atoms with Crippen molar-refractivity contribution in [2.75, 3.05) is 26.3 Å². The number of amides is 1. The number of rotatable bonds is 4. The van der Waals surface area contributed by atoms with Crippen LogP contribution in [0.15, 0.2) is 66.9 Å². The molecule has 1 aromatic heterocycles. The fourth-order valence-corrected chi connectivity index (χ4v) is 3.21. The first-order valence-corrected chi connectivity index (χ1v) is 9.47. The molecule has 0 radical (unpaired) electrons. The van der Waals surface area contributed by atoms with Gasteiger partial charge in [-0.1, -0.05) is 48.0 Å². The van der Waals surface area contributed by atoms with Crippen LogP contribution in [0, 0.1) is 6.92 Å². The van der Waals surface area contributed by atoms with Gasteiger partial charge in [0.05, 0.1) is 24.6 Å². The summed E-state index contributed by atoms with van der Waals surface area (Å²) in [6, 6.07) is 18.3. The van der Waals surface area contributed by atoms with E-state index in [1.807, 2.05) is 52.2 Å². The van der Waals surface area contributed by atoms with Crippen molar-refractivity contribution in [2.24, 2.45) is 0 Å². The van der Waals surface area contributed by atoms with Crippen LogP contribution in [-0.2, 0) is 9.53 Å². The van der Waals surface area contributed by atoms with Crippen LogP contribution in [0.2, 0.25) is 0 Å². The average molecular weight is 373 g/mol. The maximum absolute atomic E-state index is 12.5. The van der Waals surface area contributed by atoms with Crippen molar-refractivity contribution in [3.63, 3.8) is 0 Å². The van der Waals surface area contributed by atoms with E-state index in [2.05, 4.69) is 31.2 Å². The van der Waals surface area contributed by atoms with E-state index in [-0.39, 0.29) is 5.91 Å². The summed E-state index contributed by atoms with van der Waals surface area (Å²) in [5.74, 6) is 0.00520. The third-order valence-corrected chi connectivity index (χ3v) is 4.82. The van der Waals surface area contributed by atoms with Gasteiger partial charge in [0, 0.05) is 36.5 Å². The minimum atomic E-state index is 0.00520. The Morgan fingerprint density at radius 1 is 1.04 bits per heavy atom. The Hall–Kier alpha value is -3.18. The maximum atomic E-state index is 12.5. The molecule has 28 heavy (non-hydrogen) atoms. The molecule has 2 aromatic carbocycles. The van der Waals surface area contributed by atoms with Crippen LogP contribution < -0.4 is 0 Å². The summed E-state index contributed by atoms with van der Waals surface area (Å²) in [5, 5.41) is 4.79. The van der Waals surface area contributed by atoms with Crippen LogP contribution >= 0.6 is 0 Å². The lowest BCUT2D eigenvalue weighted by Crippen LogP contribution is -2.39. The number of morpholine rings is 1. The second kappa shape index (κ2) is 8.23. The van der Waals surface area contributed by atoms with Crippen molar-refractivity contribution in [2.45, 2.75) is 6.92 Å². The van der Waals surface area contributed by atoms with Gasteiger partial charge < -0.3 is 9.64 Å². The van der Waals surface area contributed by atoms with Crippen molar-refractivity contribution in [1.82, 2.24) is 14.7 Å².